The Morgan fingerprint density at radius 2 is 1.65 bits per heavy atom. The Morgan fingerprint density at radius 1 is 0.975 bits per heavy atom. The molecule has 40 heavy (non-hydrogen) atoms. The molecule has 0 radical (unpaired) electrons. The number of sulfone groups is 1. The largest absolute Gasteiger partial charge is 0.406 e. The first-order valence-electron chi connectivity index (χ1n) is 12.8. The van der Waals surface area contributed by atoms with Crippen LogP contribution in [-0.4, -0.2) is 42.6 Å². The molecule has 1 fully saturated rings. The van der Waals surface area contributed by atoms with Crippen LogP contribution in [0.4, 0.5) is 18.9 Å². The summed E-state index contributed by atoms with van der Waals surface area (Å²) in [7, 11) is -3.03. The summed E-state index contributed by atoms with van der Waals surface area (Å²) in [5.74, 6) is -0.0809. The second-order valence-corrected chi connectivity index (χ2v) is 12.7. The summed E-state index contributed by atoms with van der Waals surface area (Å²) in [5, 5.41) is 7.35. The van der Waals surface area contributed by atoms with E-state index in [0.717, 1.165) is 5.56 Å². The summed E-state index contributed by atoms with van der Waals surface area (Å²) in [5.41, 5.74) is 3.37. The SMILES string of the molecule is O=C(NCc1ccc(-c2cc3c(NC4CCS(=O)(=O)CC4)cccc3n2CC(F)(F)F)cc1)c1ccc(Cl)cc1. The number of rotatable bonds is 7. The second-order valence-electron chi connectivity index (χ2n) is 9.93. The molecule has 5 rings (SSSR count). The average Bonchev–Trinajstić information content (AvgIpc) is 3.27. The molecule has 0 bridgehead atoms. The number of hydrogen-bond acceptors (Lipinski definition) is 4. The van der Waals surface area contributed by atoms with Crippen molar-refractivity contribution in [3.63, 3.8) is 0 Å². The Balaban J connectivity index is 1.40. The van der Waals surface area contributed by atoms with Crippen molar-refractivity contribution in [2.24, 2.45) is 0 Å². The van der Waals surface area contributed by atoms with Gasteiger partial charge in [-0.1, -0.05) is 41.9 Å². The quantitative estimate of drug-likeness (QED) is 0.260. The Labute approximate surface area is 235 Å². The molecule has 2 N–H and O–H groups in total. The molecule has 0 unspecified atom stereocenters. The van der Waals surface area contributed by atoms with Gasteiger partial charge in [0, 0.05) is 39.9 Å². The van der Waals surface area contributed by atoms with Crippen molar-refractivity contribution in [1.29, 1.82) is 0 Å². The van der Waals surface area contributed by atoms with Gasteiger partial charge in [-0.2, -0.15) is 13.2 Å². The molecule has 210 valence electrons. The number of carbonyl (C=O) groups excluding carboxylic acids is 1. The molecule has 0 atom stereocenters. The van der Waals surface area contributed by atoms with Gasteiger partial charge in [0.1, 0.15) is 16.4 Å². The molecular formula is C29H27ClF3N3O3S. The summed E-state index contributed by atoms with van der Waals surface area (Å²) in [6.45, 7) is -0.908. The van der Waals surface area contributed by atoms with E-state index < -0.39 is 22.6 Å². The number of aromatic nitrogens is 1. The van der Waals surface area contributed by atoms with E-state index in [0.29, 0.717) is 51.3 Å². The molecule has 6 nitrogen and oxygen atoms in total. The molecule has 11 heteroatoms. The predicted molar refractivity (Wildman–Crippen MR) is 151 cm³/mol. The molecule has 1 amide bonds. The molecule has 1 aliphatic rings. The smallest absolute Gasteiger partial charge is 0.382 e. The van der Waals surface area contributed by atoms with Crippen LogP contribution in [0.15, 0.2) is 72.8 Å². The van der Waals surface area contributed by atoms with E-state index in [-0.39, 0.29) is 30.0 Å². The highest BCUT2D eigenvalue weighted by Crippen LogP contribution is 2.36. The lowest BCUT2D eigenvalue weighted by molar-refractivity contribution is -0.139. The molecular weight excluding hydrogens is 563 g/mol. The van der Waals surface area contributed by atoms with Crippen LogP contribution in [0.3, 0.4) is 0 Å². The summed E-state index contributed by atoms with van der Waals surface area (Å²) >= 11 is 5.87. The van der Waals surface area contributed by atoms with Crippen molar-refractivity contribution in [3.05, 3.63) is 88.9 Å². The number of nitrogens with one attached hydrogen (secondary N) is 2. The van der Waals surface area contributed by atoms with Crippen LogP contribution in [-0.2, 0) is 22.9 Å². The molecule has 1 saturated heterocycles. The number of benzene rings is 3. The van der Waals surface area contributed by atoms with E-state index in [1.165, 1.54) is 4.57 Å². The van der Waals surface area contributed by atoms with Gasteiger partial charge in [-0.15, -0.1) is 0 Å². The maximum absolute atomic E-state index is 13.6. The third-order valence-electron chi connectivity index (χ3n) is 7.01. The first-order chi connectivity index (χ1) is 19.0. The normalized spacial score (nSPS) is 15.7. The zero-order valence-electron chi connectivity index (χ0n) is 21.3. The van der Waals surface area contributed by atoms with Gasteiger partial charge in [-0.3, -0.25) is 4.79 Å². The maximum atomic E-state index is 13.6. The second kappa shape index (κ2) is 11.2. The van der Waals surface area contributed by atoms with Gasteiger partial charge >= 0.3 is 6.18 Å². The number of carbonyl (C=O) groups is 1. The van der Waals surface area contributed by atoms with Crippen molar-refractivity contribution in [3.8, 4) is 11.3 Å². The van der Waals surface area contributed by atoms with Gasteiger partial charge in [0.05, 0.1) is 17.0 Å². The van der Waals surface area contributed by atoms with Crippen molar-refractivity contribution >= 4 is 43.9 Å². The van der Waals surface area contributed by atoms with Crippen molar-refractivity contribution in [2.75, 3.05) is 16.8 Å². The van der Waals surface area contributed by atoms with Crippen LogP contribution in [0, 0.1) is 0 Å². The lowest BCUT2D eigenvalue weighted by atomic mass is 10.1. The highest BCUT2D eigenvalue weighted by molar-refractivity contribution is 7.91. The van der Waals surface area contributed by atoms with Crippen molar-refractivity contribution < 1.29 is 26.4 Å². The standard InChI is InChI=1S/C29H27ClF3N3O3S/c30-22-10-8-21(9-11-22)28(37)34-17-19-4-6-20(7-5-19)27-16-24-25(35-23-12-14-40(38,39)15-13-23)2-1-3-26(24)36(27)18-29(31,32)33/h1-11,16,23,35H,12-15,17-18H2,(H,34,37). The van der Waals surface area contributed by atoms with Crippen LogP contribution in [0.1, 0.15) is 28.8 Å². The molecule has 0 saturated carbocycles. The minimum absolute atomic E-state index is 0.0779. The number of hydrogen-bond donors (Lipinski definition) is 2. The number of anilines is 1. The number of alkyl halides is 3. The number of nitrogens with zero attached hydrogens (tertiary/aromatic N) is 1. The van der Waals surface area contributed by atoms with Crippen molar-refractivity contribution in [2.45, 2.75) is 38.1 Å². The lowest BCUT2D eigenvalue weighted by Gasteiger charge is -2.24. The summed E-state index contributed by atoms with van der Waals surface area (Å²) in [6.07, 6.45) is -3.54. The highest BCUT2D eigenvalue weighted by Gasteiger charge is 2.31. The first-order valence-corrected chi connectivity index (χ1v) is 15.0. The third-order valence-corrected chi connectivity index (χ3v) is 8.97. The Kier molecular flexibility index (Phi) is 7.83. The van der Waals surface area contributed by atoms with Gasteiger partial charge in [-0.25, -0.2) is 8.42 Å². The molecule has 1 aromatic heterocycles. The Morgan fingerprint density at radius 3 is 2.30 bits per heavy atom. The fourth-order valence-electron chi connectivity index (χ4n) is 4.93. The van der Waals surface area contributed by atoms with E-state index in [1.807, 2.05) is 0 Å². The van der Waals surface area contributed by atoms with Gasteiger partial charge in [0.15, 0.2) is 0 Å². The summed E-state index contributed by atoms with van der Waals surface area (Å²) in [4.78, 5) is 12.4. The van der Waals surface area contributed by atoms with Crippen LogP contribution in [0.5, 0.6) is 0 Å². The fraction of sp³-hybridized carbons (Fsp3) is 0.276. The topological polar surface area (TPSA) is 80.2 Å². The van der Waals surface area contributed by atoms with Gasteiger partial charge in [0.25, 0.3) is 5.91 Å². The maximum Gasteiger partial charge on any atom is 0.406 e. The van der Waals surface area contributed by atoms with Crippen LogP contribution in [0.25, 0.3) is 22.2 Å². The molecule has 0 spiro atoms. The average molecular weight is 590 g/mol. The van der Waals surface area contributed by atoms with Crippen LogP contribution in [0.2, 0.25) is 5.02 Å². The van der Waals surface area contributed by atoms with Gasteiger partial charge in [-0.05, 0) is 66.4 Å². The first kappa shape index (κ1) is 28.0. The van der Waals surface area contributed by atoms with Gasteiger partial charge < -0.3 is 15.2 Å². The van der Waals surface area contributed by atoms with E-state index >= 15 is 0 Å². The molecule has 2 heterocycles. The number of halogens is 4. The van der Waals surface area contributed by atoms with Gasteiger partial charge in [0.2, 0.25) is 0 Å². The van der Waals surface area contributed by atoms with E-state index in [9.17, 15) is 26.4 Å². The van der Waals surface area contributed by atoms with Crippen LogP contribution >= 0.6 is 11.6 Å². The zero-order chi connectivity index (χ0) is 28.5. The molecule has 4 aromatic rings. The monoisotopic (exact) mass is 589 g/mol. The summed E-state index contributed by atoms with van der Waals surface area (Å²) in [6, 6.07) is 20.4. The third kappa shape index (κ3) is 6.62. The molecule has 0 aliphatic carbocycles. The fourth-order valence-corrected chi connectivity index (χ4v) is 6.55. The minimum Gasteiger partial charge on any atom is -0.382 e. The lowest BCUT2D eigenvalue weighted by Crippen LogP contribution is -2.32. The molecule has 3 aromatic carbocycles. The van der Waals surface area contributed by atoms with E-state index in [1.54, 1.807) is 72.8 Å². The van der Waals surface area contributed by atoms with Crippen molar-refractivity contribution in [1.82, 2.24) is 9.88 Å². The zero-order valence-corrected chi connectivity index (χ0v) is 22.9. The summed E-state index contributed by atoms with van der Waals surface area (Å²) < 4.78 is 65.8. The van der Waals surface area contributed by atoms with Crippen LogP contribution < -0.4 is 10.6 Å². The Bertz CT molecular complexity index is 1620. The van der Waals surface area contributed by atoms with E-state index in [4.69, 9.17) is 11.6 Å². The number of amides is 1. The van der Waals surface area contributed by atoms with E-state index in [2.05, 4.69) is 10.6 Å². The Hall–Kier alpha value is -3.50. The molecule has 1 aliphatic heterocycles. The predicted octanol–water partition coefficient (Wildman–Crippen LogP) is 6.44. The highest BCUT2D eigenvalue weighted by atomic mass is 35.5. The number of fused-ring (bicyclic) bond motifs is 1. The minimum atomic E-state index is -4.44.